The van der Waals surface area contributed by atoms with E-state index in [0.29, 0.717) is 13.2 Å². The van der Waals surface area contributed by atoms with Crippen molar-refractivity contribution >= 4 is 12.1 Å². The molecule has 7 heteroatoms. The highest BCUT2D eigenvalue weighted by molar-refractivity contribution is 5.71. The number of alkyl carbamates (subject to hydrolysis) is 1. The third-order valence-electron chi connectivity index (χ3n) is 4.20. The molecule has 0 saturated carbocycles. The first kappa shape index (κ1) is 21.2. The number of hydrogen-bond donors (Lipinski definition) is 3. The number of nitrogens with two attached hydrogens (primary N) is 1. The van der Waals surface area contributed by atoms with Gasteiger partial charge in [0.15, 0.2) is 0 Å². The van der Waals surface area contributed by atoms with E-state index in [1.165, 1.54) is 0 Å². The Hall–Kier alpha value is -3.06. The Morgan fingerprint density at radius 1 is 0.964 bits per heavy atom. The number of amides is 3. The molecule has 0 spiro atoms. The number of ether oxygens (including phenoxy) is 2. The molecule has 0 saturated heterocycles. The predicted molar refractivity (Wildman–Crippen MR) is 106 cm³/mol. The van der Waals surface area contributed by atoms with Crippen LogP contribution in [0.4, 0.5) is 9.59 Å². The summed E-state index contributed by atoms with van der Waals surface area (Å²) in [7, 11) is 0. The summed E-state index contributed by atoms with van der Waals surface area (Å²) in [6.45, 7) is 5.22. The number of benzene rings is 2. The van der Waals surface area contributed by atoms with Crippen molar-refractivity contribution in [3.8, 4) is 0 Å². The lowest BCUT2D eigenvalue weighted by Crippen LogP contribution is -2.34. The fourth-order valence-electron chi connectivity index (χ4n) is 2.53. The number of carbonyl (C=O) groups is 2. The van der Waals surface area contributed by atoms with Crippen molar-refractivity contribution in [2.24, 2.45) is 5.73 Å². The fraction of sp³-hybridized carbons (Fsp3) is 0.333. The van der Waals surface area contributed by atoms with Gasteiger partial charge in [-0.1, -0.05) is 68.4 Å². The normalized spacial score (nSPS) is 10.9. The van der Waals surface area contributed by atoms with Crippen molar-refractivity contribution in [2.45, 2.75) is 32.4 Å². The molecule has 7 nitrogen and oxygen atoms in total. The van der Waals surface area contributed by atoms with Gasteiger partial charge >= 0.3 is 12.1 Å². The molecule has 0 fully saturated rings. The Morgan fingerprint density at radius 2 is 1.64 bits per heavy atom. The van der Waals surface area contributed by atoms with Gasteiger partial charge in [0.2, 0.25) is 0 Å². The number of urea groups is 1. The van der Waals surface area contributed by atoms with Gasteiger partial charge in [-0.05, 0) is 16.7 Å². The van der Waals surface area contributed by atoms with Crippen molar-refractivity contribution in [3.05, 3.63) is 71.3 Å². The van der Waals surface area contributed by atoms with E-state index in [9.17, 15) is 9.59 Å². The van der Waals surface area contributed by atoms with Crippen LogP contribution < -0.4 is 16.4 Å². The Bertz CT molecular complexity index is 761. The zero-order valence-electron chi connectivity index (χ0n) is 16.2. The molecule has 150 valence electrons. The second-order valence-electron chi connectivity index (χ2n) is 7.03. The van der Waals surface area contributed by atoms with Crippen LogP contribution >= 0.6 is 0 Å². The zero-order chi connectivity index (χ0) is 20.4. The largest absolute Gasteiger partial charge is 0.445 e. The first-order chi connectivity index (χ1) is 13.4. The number of rotatable bonds is 9. The maximum atomic E-state index is 11.8. The number of hydrogen-bond acceptors (Lipinski definition) is 4. The van der Waals surface area contributed by atoms with Gasteiger partial charge in [-0.15, -0.1) is 0 Å². The van der Waals surface area contributed by atoms with Crippen molar-refractivity contribution in [2.75, 3.05) is 13.3 Å². The van der Waals surface area contributed by atoms with E-state index in [4.69, 9.17) is 15.2 Å². The smallest absolute Gasteiger partial charge is 0.407 e. The summed E-state index contributed by atoms with van der Waals surface area (Å²) in [5.74, 6) is 0. The number of carbonyl (C=O) groups excluding carboxylic acids is 2. The molecule has 0 heterocycles. The summed E-state index contributed by atoms with van der Waals surface area (Å²) >= 11 is 0. The maximum absolute atomic E-state index is 11.8. The van der Waals surface area contributed by atoms with E-state index in [0.717, 1.165) is 16.7 Å². The van der Waals surface area contributed by atoms with Gasteiger partial charge in [-0.25, -0.2) is 9.59 Å². The van der Waals surface area contributed by atoms with Crippen molar-refractivity contribution < 1.29 is 19.1 Å². The third-order valence-corrected chi connectivity index (χ3v) is 4.20. The van der Waals surface area contributed by atoms with Gasteiger partial charge < -0.3 is 25.8 Å². The van der Waals surface area contributed by atoms with Crippen LogP contribution in [-0.2, 0) is 28.0 Å². The second kappa shape index (κ2) is 10.3. The lowest BCUT2D eigenvalue weighted by molar-refractivity contribution is 0.0856. The van der Waals surface area contributed by atoms with Gasteiger partial charge in [0.05, 0.1) is 6.61 Å². The SMILES string of the molecule is CC(C)(COCNC(N)=O)c1ccc(CNC(=O)OCc2ccccc2)cc1. The zero-order valence-corrected chi connectivity index (χ0v) is 16.2. The molecule has 2 aromatic rings. The minimum atomic E-state index is -0.614. The lowest BCUT2D eigenvalue weighted by atomic mass is 9.85. The van der Waals surface area contributed by atoms with Crippen LogP contribution in [0.2, 0.25) is 0 Å². The van der Waals surface area contributed by atoms with E-state index in [-0.39, 0.29) is 18.8 Å². The Labute approximate surface area is 165 Å². The summed E-state index contributed by atoms with van der Waals surface area (Å²) in [4.78, 5) is 22.5. The van der Waals surface area contributed by atoms with E-state index >= 15 is 0 Å². The molecule has 3 amide bonds. The van der Waals surface area contributed by atoms with E-state index in [1.807, 2.05) is 68.4 Å². The molecular weight excluding hydrogens is 358 g/mol. The molecule has 0 unspecified atom stereocenters. The topological polar surface area (TPSA) is 103 Å². The molecule has 0 aliphatic rings. The van der Waals surface area contributed by atoms with Crippen molar-refractivity contribution in [1.82, 2.24) is 10.6 Å². The Morgan fingerprint density at radius 3 is 2.29 bits per heavy atom. The molecule has 4 N–H and O–H groups in total. The summed E-state index contributed by atoms with van der Waals surface area (Å²) < 4.78 is 10.6. The molecule has 2 rings (SSSR count). The third kappa shape index (κ3) is 7.28. The lowest BCUT2D eigenvalue weighted by Gasteiger charge is -2.25. The standard InChI is InChI=1S/C21H27N3O4/c1-21(2,14-27-15-24-19(22)25)18-10-8-16(9-11-18)12-23-20(26)28-13-17-6-4-3-5-7-17/h3-11H,12-15H2,1-2H3,(H,23,26)(H3,22,24,25). The van der Waals surface area contributed by atoms with Crippen molar-refractivity contribution in [3.63, 3.8) is 0 Å². The minimum absolute atomic E-state index is 0.0753. The van der Waals surface area contributed by atoms with Crippen LogP contribution in [0.1, 0.15) is 30.5 Å². The molecule has 28 heavy (non-hydrogen) atoms. The van der Waals surface area contributed by atoms with Gasteiger partial charge in [0.25, 0.3) is 0 Å². The molecule has 0 aliphatic heterocycles. The molecule has 2 aromatic carbocycles. The van der Waals surface area contributed by atoms with E-state index < -0.39 is 12.1 Å². The molecule has 0 atom stereocenters. The summed E-state index contributed by atoms with van der Waals surface area (Å²) in [6, 6.07) is 16.8. The highest BCUT2D eigenvalue weighted by atomic mass is 16.5. The van der Waals surface area contributed by atoms with Crippen LogP contribution in [0.5, 0.6) is 0 Å². The number of nitrogens with one attached hydrogen (secondary N) is 2. The van der Waals surface area contributed by atoms with Crippen LogP contribution in [0, 0.1) is 0 Å². The molecule has 0 bridgehead atoms. The molecular formula is C21H27N3O4. The summed E-state index contributed by atoms with van der Waals surface area (Å²) in [5, 5.41) is 5.13. The first-order valence-corrected chi connectivity index (χ1v) is 9.02. The van der Waals surface area contributed by atoms with Crippen LogP contribution in [-0.4, -0.2) is 25.5 Å². The average molecular weight is 385 g/mol. The minimum Gasteiger partial charge on any atom is -0.445 e. The quantitative estimate of drug-likeness (QED) is 0.456. The summed E-state index contributed by atoms with van der Waals surface area (Å²) in [5.41, 5.74) is 7.76. The van der Waals surface area contributed by atoms with Crippen LogP contribution in [0.15, 0.2) is 54.6 Å². The predicted octanol–water partition coefficient (Wildman–Crippen LogP) is 3.03. The maximum Gasteiger partial charge on any atom is 0.407 e. The summed E-state index contributed by atoms with van der Waals surface area (Å²) in [6.07, 6.45) is -0.455. The van der Waals surface area contributed by atoms with Gasteiger partial charge in [0, 0.05) is 12.0 Å². The highest BCUT2D eigenvalue weighted by Crippen LogP contribution is 2.23. The highest BCUT2D eigenvalue weighted by Gasteiger charge is 2.21. The molecule has 0 radical (unpaired) electrons. The monoisotopic (exact) mass is 385 g/mol. The van der Waals surface area contributed by atoms with Crippen LogP contribution in [0.3, 0.4) is 0 Å². The number of primary amides is 1. The Balaban J connectivity index is 1.76. The Kier molecular flexibility index (Phi) is 7.83. The average Bonchev–Trinajstić information content (AvgIpc) is 2.69. The molecule has 0 aliphatic carbocycles. The van der Waals surface area contributed by atoms with Crippen molar-refractivity contribution in [1.29, 1.82) is 0 Å². The van der Waals surface area contributed by atoms with E-state index in [1.54, 1.807) is 0 Å². The fourth-order valence-corrected chi connectivity index (χ4v) is 2.53. The van der Waals surface area contributed by atoms with Gasteiger partial charge in [0.1, 0.15) is 13.3 Å². The first-order valence-electron chi connectivity index (χ1n) is 9.02. The van der Waals surface area contributed by atoms with E-state index in [2.05, 4.69) is 10.6 Å². The second-order valence-corrected chi connectivity index (χ2v) is 7.03. The molecule has 0 aromatic heterocycles. The van der Waals surface area contributed by atoms with Gasteiger partial charge in [-0.2, -0.15) is 0 Å². The van der Waals surface area contributed by atoms with Gasteiger partial charge in [-0.3, -0.25) is 0 Å². The van der Waals surface area contributed by atoms with Crippen LogP contribution in [0.25, 0.3) is 0 Å².